The second kappa shape index (κ2) is 15.7. The molecule has 2 heterocycles. The van der Waals surface area contributed by atoms with Crippen LogP contribution < -0.4 is 5.32 Å². The Hall–Kier alpha value is -2.65. The molecule has 2 aliphatic heterocycles. The number of nitriles is 1. The van der Waals surface area contributed by atoms with Crippen LogP contribution in [0.1, 0.15) is 72.3 Å². The van der Waals surface area contributed by atoms with Crippen LogP contribution >= 0.6 is 0 Å². The van der Waals surface area contributed by atoms with Gasteiger partial charge in [-0.3, -0.25) is 9.69 Å². The summed E-state index contributed by atoms with van der Waals surface area (Å²) in [6.07, 6.45) is 2.67. The van der Waals surface area contributed by atoms with Crippen molar-refractivity contribution < 1.29 is 29.1 Å². The fourth-order valence-electron chi connectivity index (χ4n) is 6.33. The highest BCUT2D eigenvalue weighted by molar-refractivity contribution is 6.43. The van der Waals surface area contributed by atoms with E-state index in [0.29, 0.717) is 25.8 Å². The largest absolute Gasteiger partial charge is 0.475 e. The molecule has 2 unspecified atom stereocenters. The highest BCUT2D eigenvalue weighted by Gasteiger charge is 2.40. The minimum atomic E-state index is -1.76. The van der Waals surface area contributed by atoms with Gasteiger partial charge in [0.2, 0.25) is 5.91 Å². The maximum absolute atomic E-state index is 13.8. The molecular formula is C31H49BN4O6. The van der Waals surface area contributed by atoms with Crippen LogP contribution in [0, 0.1) is 23.2 Å². The Morgan fingerprint density at radius 1 is 1.17 bits per heavy atom. The van der Waals surface area contributed by atoms with E-state index in [0.717, 1.165) is 31.5 Å². The molecule has 10 nitrogen and oxygen atoms in total. The molecule has 0 aliphatic carbocycles. The molecule has 0 aromatic heterocycles. The summed E-state index contributed by atoms with van der Waals surface area (Å²) in [5, 5.41) is 32.4. The first-order valence-electron chi connectivity index (χ1n) is 15.4. The Labute approximate surface area is 251 Å². The van der Waals surface area contributed by atoms with Crippen LogP contribution in [-0.2, 0) is 20.7 Å². The van der Waals surface area contributed by atoms with Gasteiger partial charge in [-0.05, 0) is 71.3 Å². The minimum Gasteiger partial charge on any atom is -0.444 e. The zero-order chi connectivity index (χ0) is 30.9. The second-order valence-electron chi connectivity index (χ2n) is 12.6. The smallest absolute Gasteiger partial charge is 0.444 e. The number of ether oxygens (including phenoxy) is 2. The number of nitrogens with one attached hydrogen (secondary N) is 1. The topological polar surface area (TPSA) is 135 Å². The number of hydrogen-bond donors (Lipinski definition) is 3. The fraction of sp³-hybridized carbons (Fsp3) is 0.710. The van der Waals surface area contributed by atoms with Crippen molar-refractivity contribution in [3.05, 3.63) is 35.9 Å². The summed E-state index contributed by atoms with van der Waals surface area (Å²) >= 11 is 0. The minimum absolute atomic E-state index is 0.123. The molecule has 3 N–H and O–H groups in total. The quantitative estimate of drug-likeness (QED) is 0.338. The predicted molar refractivity (Wildman–Crippen MR) is 161 cm³/mol. The lowest BCUT2D eigenvalue weighted by Gasteiger charge is -2.46. The number of carbonyl (C=O) groups is 2. The first-order valence-corrected chi connectivity index (χ1v) is 15.4. The van der Waals surface area contributed by atoms with Crippen molar-refractivity contribution in [2.45, 2.75) is 103 Å². The van der Waals surface area contributed by atoms with Crippen LogP contribution in [0.25, 0.3) is 0 Å². The van der Waals surface area contributed by atoms with Crippen LogP contribution in [0.4, 0.5) is 4.79 Å². The molecule has 11 heteroatoms. The number of benzene rings is 1. The Kier molecular flexibility index (Phi) is 12.7. The fourth-order valence-corrected chi connectivity index (χ4v) is 6.33. The van der Waals surface area contributed by atoms with Gasteiger partial charge in [0.15, 0.2) is 0 Å². The standard InChI is InChI=1S/C31H49BN4O6/c1-6-25(17-31(4,5)36-19-22(2)41-23(3)20-36)27(18-33)29(37)35-15-11-10-14-26(21-35)42-30(38)34-28(32(39)40)16-24-12-8-7-9-13-24/h7-9,12-13,22-23,25-28,39-40H,6,10-11,14-17,19-21H2,1-5H3,(H,34,38)/t22-,23+,25?,26-,27?,28+/m1/s1. The average molecular weight is 585 g/mol. The third kappa shape index (κ3) is 9.70. The molecule has 2 fully saturated rings. The van der Waals surface area contributed by atoms with E-state index in [1.165, 1.54) is 0 Å². The van der Waals surface area contributed by atoms with Crippen LogP contribution in [0.5, 0.6) is 0 Å². The lowest BCUT2D eigenvalue weighted by Crippen LogP contribution is -2.56. The Morgan fingerprint density at radius 3 is 2.43 bits per heavy atom. The van der Waals surface area contributed by atoms with Crippen molar-refractivity contribution in [2.75, 3.05) is 26.2 Å². The van der Waals surface area contributed by atoms with Gasteiger partial charge in [-0.2, -0.15) is 5.26 Å². The molecule has 1 aromatic carbocycles. The zero-order valence-corrected chi connectivity index (χ0v) is 25.9. The maximum atomic E-state index is 13.8. The molecule has 0 bridgehead atoms. The van der Waals surface area contributed by atoms with Gasteiger partial charge >= 0.3 is 13.2 Å². The van der Waals surface area contributed by atoms with E-state index in [2.05, 4.69) is 44.0 Å². The molecular weight excluding hydrogens is 535 g/mol. The van der Waals surface area contributed by atoms with Crippen molar-refractivity contribution >= 4 is 19.1 Å². The zero-order valence-electron chi connectivity index (χ0n) is 25.9. The third-order valence-corrected chi connectivity index (χ3v) is 8.61. The highest BCUT2D eigenvalue weighted by atomic mass is 16.6. The van der Waals surface area contributed by atoms with E-state index >= 15 is 0 Å². The van der Waals surface area contributed by atoms with Gasteiger partial charge in [-0.25, -0.2) is 4.79 Å². The number of carbonyl (C=O) groups excluding carboxylic acids is 2. The lowest BCUT2D eigenvalue weighted by atomic mass is 9.76. The Balaban J connectivity index is 1.63. The second-order valence-corrected chi connectivity index (χ2v) is 12.6. The molecule has 0 radical (unpaired) electrons. The third-order valence-electron chi connectivity index (χ3n) is 8.61. The van der Waals surface area contributed by atoms with Crippen molar-refractivity contribution in [2.24, 2.45) is 11.8 Å². The molecule has 1 aromatic rings. The maximum Gasteiger partial charge on any atom is 0.475 e. The molecule has 2 saturated heterocycles. The van der Waals surface area contributed by atoms with Crippen LogP contribution in [0.15, 0.2) is 30.3 Å². The summed E-state index contributed by atoms with van der Waals surface area (Å²) in [6.45, 7) is 12.9. The van der Waals surface area contributed by atoms with Gasteiger partial charge in [-0.1, -0.05) is 43.7 Å². The van der Waals surface area contributed by atoms with Crippen molar-refractivity contribution in [1.82, 2.24) is 15.1 Å². The summed E-state index contributed by atoms with van der Waals surface area (Å²) in [5.74, 6) is -2.08. The summed E-state index contributed by atoms with van der Waals surface area (Å²) in [6, 6.07) is 11.5. The van der Waals surface area contributed by atoms with E-state index in [-0.39, 0.29) is 42.5 Å². The number of morpholine rings is 1. The van der Waals surface area contributed by atoms with E-state index in [1.807, 2.05) is 37.3 Å². The number of amides is 2. The first kappa shape index (κ1) is 33.9. The highest BCUT2D eigenvalue weighted by Crippen LogP contribution is 2.33. The molecule has 6 atom stereocenters. The Morgan fingerprint density at radius 2 is 1.83 bits per heavy atom. The monoisotopic (exact) mass is 584 g/mol. The summed E-state index contributed by atoms with van der Waals surface area (Å²) in [5.41, 5.74) is 0.634. The van der Waals surface area contributed by atoms with Gasteiger partial charge < -0.3 is 29.7 Å². The van der Waals surface area contributed by atoms with Crippen molar-refractivity contribution in [3.8, 4) is 6.07 Å². The van der Waals surface area contributed by atoms with Crippen molar-refractivity contribution in [1.29, 1.82) is 5.26 Å². The SMILES string of the molecule is CCC(CC(C)(C)N1C[C@@H](C)O[C@@H](C)C1)C(C#N)C(=O)N1CCCC[C@@H](OC(=O)N[C@@H](Cc2ccccc2)B(O)O)C1. The summed E-state index contributed by atoms with van der Waals surface area (Å²) in [4.78, 5) is 30.7. The predicted octanol–water partition coefficient (Wildman–Crippen LogP) is 3.16. The van der Waals surface area contributed by atoms with Crippen molar-refractivity contribution in [3.63, 3.8) is 0 Å². The normalized spacial score (nSPS) is 24.0. The van der Waals surface area contributed by atoms with Crippen LogP contribution in [0.2, 0.25) is 0 Å². The van der Waals surface area contributed by atoms with Crippen LogP contribution in [0.3, 0.4) is 0 Å². The number of hydrogen-bond acceptors (Lipinski definition) is 8. The van der Waals surface area contributed by atoms with Crippen LogP contribution in [-0.4, -0.2) is 94.9 Å². The molecule has 0 spiro atoms. The van der Waals surface area contributed by atoms with E-state index in [4.69, 9.17) is 9.47 Å². The molecule has 2 aliphatic rings. The van der Waals surface area contributed by atoms with E-state index < -0.39 is 31.2 Å². The molecule has 3 rings (SSSR count). The average Bonchev–Trinajstić information content (AvgIpc) is 3.17. The Bertz CT molecular complexity index is 1040. The number of alkyl carbamates (subject to hydrolysis) is 1. The van der Waals surface area contributed by atoms with E-state index in [9.17, 15) is 24.9 Å². The first-order chi connectivity index (χ1) is 19.9. The molecule has 232 valence electrons. The summed E-state index contributed by atoms with van der Waals surface area (Å²) < 4.78 is 11.6. The van der Waals surface area contributed by atoms with Gasteiger partial charge in [0, 0.05) is 25.2 Å². The summed E-state index contributed by atoms with van der Waals surface area (Å²) in [7, 11) is -1.76. The van der Waals surface area contributed by atoms with Gasteiger partial charge in [0.25, 0.3) is 0 Å². The molecule has 42 heavy (non-hydrogen) atoms. The van der Waals surface area contributed by atoms with Gasteiger partial charge in [-0.15, -0.1) is 0 Å². The number of nitrogens with zero attached hydrogens (tertiary/aromatic N) is 3. The molecule has 2 amide bonds. The number of likely N-dealkylation sites (tertiary alicyclic amines) is 1. The number of rotatable bonds is 11. The van der Waals surface area contributed by atoms with Gasteiger partial charge in [0.05, 0.1) is 30.8 Å². The molecule has 0 saturated carbocycles. The van der Waals surface area contributed by atoms with Gasteiger partial charge in [0.1, 0.15) is 12.0 Å². The van der Waals surface area contributed by atoms with E-state index in [1.54, 1.807) is 4.90 Å². The lowest BCUT2D eigenvalue weighted by molar-refractivity contribution is -0.137.